The Morgan fingerprint density at radius 3 is 2.78 bits per heavy atom. The summed E-state index contributed by atoms with van der Waals surface area (Å²) in [6, 6.07) is 12.7. The minimum Gasteiger partial charge on any atom is -0.392 e. The van der Waals surface area contributed by atoms with E-state index in [0.717, 1.165) is 18.4 Å². The molecule has 2 N–H and O–H groups in total. The molecule has 0 radical (unpaired) electrons. The van der Waals surface area contributed by atoms with Crippen molar-refractivity contribution in [3.8, 4) is 0 Å². The summed E-state index contributed by atoms with van der Waals surface area (Å²) in [5.74, 6) is -0.429. The fraction of sp³-hybridized carbons (Fsp3) is 0.318. The zero-order valence-corrected chi connectivity index (χ0v) is 14.9. The summed E-state index contributed by atoms with van der Waals surface area (Å²) in [6.45, 7) is 1.18. The summed E-state index contributed by atoms with van der Waals surface area (Å²) in [4.78, 5) is 17.9. The molecule has 0 saturated carbocycles. The van der Waals surface area contributed by atoms with Crippen molar-refractivity contribution >= 4 is 16.8 Å². The van der Waals surface area contributed by atoms with Gasteiger partial charge in [-0.1, -0.05) is 24.3 Å². The molecule has 1 fully saturated rings. The number of aromatic amines is 1. The van der Waals surface area contributed by atoms with E-state index in [9.17, 15) is 14.3 Å². The summed E-state index contributed by atoms with van der Waals surface area (Å²) in [5, 5.41) is 11.4. The van der Waals surface area contributed by atoms with Crippen LogP contribution in [0.25, 0.3) is 10.9 Å². The van der Waals surface area contributed by atoms with Crippen LogP contribution in [0.15, 0.2) is 48.7 Å². The molecule has 2 aromatic carbocycles. The van der Waals surface area contributed by atoms with Crippen LogP contribution >= 0.6 is 0 Å². The molecule has 1 atom stereocenters. The third-order valence-corrected chi connectivity index (χ3v) is 6.42. The first-order valence-corrected chi connectivity index (χ1v) is 9.41. The maximum absolute atomic E-state index is 13.6. The van der Waals surface area contributed by atoms with E-state index in [1.165, 1.54) is 23.3 Å². The monoisotopic (exact) mass is 364 g/mol. The van der Waals surface area contributed by atoms with Gasteiger partial charge in [0.05, 0.1) is 11.7 Å². The highest BCUT2D eigenvalue weighted by Crippen LogP contribution is 2.46. The van der Waals surface area contributed by atoms with E-state index >= 15 is 0 Å². The Kier molecular flexibility index (Phi) is 3.62. The smallest absolute Gasteiger partial charge is 0.256 e. The number of amides is 1. The Morgan fingerprint density at radius 1 is 1.19 bits per heavy atom. The molecule has 3 aromatic rings. The zero-order valence-electron chi connectivity index (χ0n) is 14.9. The van der Waals surface area contributed by atoms with E-state index in [1.54, 1.807) is 12.3 Å². The van der Waals surface area contributed by atoms with Crippen molar-refractivity contribution in [1.29, 1.82) is 0 Å². The first-order chi connectivity index (χ1) is 13.1. The number of fused-ring (bicyclic) bond motifs is 3. The molecule has 4 nitrogen and oxygen atoms in total. The normalized spacial score (nSPS) is 21.0. The topological polar surface area (TPSA) is 56.3 Å². The number of halogens is 1. The predicted molar refractivity (Wildman–Crippen MR) is 101 cm³/mol. The molecule has 27 heavy (non-hydrogen) atoms. The Hall–Kier alpha value is -2.66. The minimum absolute atomic E-state index is 0.0810. The van der Waals surface area contributed by atoms with Gasteiger partial charge in [-0.25, -0.2) is 4.39 Å². The number of benzene rings is 2. The average Bonchev–Trinajstić information content (AvgIpc) is 3.21. The Bertz CT molecular complexity index is 1030. The number of hydrogen-bond acceptors (Lipinski definition) is 2. The van der Waals surface area contributed by atoms with Gasteiger partial charge in [-0.15, -0.1) is 0 Å². The number of carbonyl (C=O) groups excluding carboxylic acids is 1. The molecule has 2 aliphatic rings. The van der Waals surface area contributed by atoms with Crippen molar-refractivity contribution in [3.63, 3.8) is 0 Å². The molecule has 1 aliphatic heterocycles. The van der Waals surface area contributed by atoms with E-state index in [0.29, 0.717) is 30.5 Å². The van der Waals surface area contributed by atoms with Crippen molar-refractivity contribution in [2.24, 2.45) is 0 Å². The van der Waals surface area contributed by atoms with Gasteiger partial charge in [0, 0.05) is 35.6 Å². The van der Waals surface area contributed by atoms with E-state index in [-0.39, 0.29) is 17.1 Å². The number of aromatic nitrogens is 1. The highest BCUT2D eigenvalue weighted by molar-refractivity contribution is 6.06. The first-order valence-electron chi connectivity index (χ1n) is 9.41. The molecule has 5 rings (SSSR count). The molecule has 1 unspecified atom stereocenters. The van der Waals surface area contributed by atoms with Crippen LogP contribution < -0.4 is 0 Å². The molecule has 5 heteroatoms. The standard InChI is InChI=1S/C22H21FN2O2/c23-15-5-6-19-16(12-15)17(13-24-19)21(27)25-9-7-22(8-10-25)18-4-2-1-3-14(18)11-20(22)26/h1-6,12-13,20,24,26H,7-11H2. The second-order valence-corrected chi connectivity index (χ2v) is 7.72. The number of hydrogen-bond donors (Lipinski definition) is 2. The summed E-state index contributed by atoms with van der Waals surface area (Å²) < 4.78 is 13.6. The maximum Gasteiger partial charge on any atom is 0.256 e. The van der Waals surface area contributed by atoms with Gasteiger partial charge in [0.25, 0.3) is 5.91 Å². The summed E-state index contributed by atoms with van der Waals surface area (Å²) in [5.41, 5.74) is 3.47. The number of aliphatic hydroxyl groups excluding tert-OH is 1. The maximum atomic E-state index is 13.6. The fourth-order valence-corrected chi connectivity index (χ4v) is 4.92. The number of carbonyl (C=O) groups is 1. The molecule has 1 aromatic heterocycles. The lowest BCUT2D eigenvalue weighted by Gasteiger charge is -2.42. The van der Waals surface area contributed by atoms with Crippen LogP contribution in [0.5, 0.6) is 0 Å². The lowest BCUT2D eigenvalue weighted by molar-refractivity contribution is 0.0366. The van der Waals surface area contributed by atoms with Crippen molar-refractivity contribution in [2.45, 2.75) is 30.8 Å². The van der Waals surface area contributed by atoms with Crippen LogP contribution in [0, 0.1) is 5.82 Å². The number of rotatable bonds is 1. The summed E-state index contributed by atoms with van der Waals surface area (Å²) in [7, 11) is 0. The predicted octanol–water partition coefficient (Wildman–Crippen LogP) is 3.40. The van der Waals surface area contributed by atoms with Crippen molar-refractivity contribution < 1.29 is 14.3 Å². The van der Waals surface area contributed by atoms with Gasteiger partial charge in [0.2, 0.25) is 0 Å². The number of nitrogens with one attached hydrogen (secondary N) is 1. The zero-order chi connectivity index (χ0) is 18.6. The van der Waals surface area contributed by atoms with E-state index in [4.69, 9.17) is 0 Å². The number of nitrogens with zero attached hydrogens (tertiary/aromatic N) is 1. The van der Waals surface area contributed by atoms with E-state index in [1.807, 2.05) is 17.0 Å². The fourth-order valence-electron chi connectivity index (χ4n) is 4.92. The molecule has 1 spiro atoms. The largest absolute Gasteiger partial charge is 0.392 e. The van der Waals surface area contributed by atoms with Gasteiger partial charge in [0.1, 0.15) is 5.82 Å². The average molecular weight is 364 g/mol. The van der Waals surface area contributed by atoms with Gasteiger partial charge >= 0.3 is 0 Å². The number of piperidine rings is 1. The summed E-state index contributed by atoms with van der Waals surface area (Å²) in [6.07, 6.45) is 3.44. The number of aliphatic hydroxyl groups is 1. The Balaban J connectivity index is 1.40. The highest BCUT2D eigenvalue weighted by Gasteiger charge is 2.48. The van der Waals surface area contributed by atoms with Crippen LogP contribution in [0.3, 0.4) is 0 Å². The van der Waals surface area contributed by atoms with Crippen molar-refractivity contribution in [3.05, 3.63) is 71.2 Å². The SMILES string of the molecule is O=C(c1c[nH]c2ccc(F)cc12)N1CCC2(CC1)c1ccccc1CC2O. The van der Waals surface area contributed by atoms with Gasteiger partial charge in [-0.2, -0.15) is 0 Å². The lowest BCUT2D eigenvalue weighted by atomic mass is 9.72. The van der Waals surface area contributed by atoms with Gasteiger partial charge in [0.15, 0.2) is 0 Å². The first kappa shape index (κ1) is 16.5. The van der Waals surface area contributed by atoms with Gasteiger partial charge in [-0.3, -0.25) is 4.79 Å². The van der Waals surface area contributed by atoms with Crippen molar-refractivity contribution in [1.82, 2.24) is 9.88 Å². The summed E-state index contributed by atoms with van der Waals surface area (Å²) >= 11 is 0. The number of H-pyrrole nitrogens is 1. The Morgan fingerprint density at radius 2 is 1.96 bits per heavy atom. The lowest BCUT2D eigenvalue weighted by Crippen LogP contribution is -2.49. The third kappa shape index (κ3) is 2.42. The van der Waals surface area contributed by atoms with E-state index in [2.05, 4.69) is 17.1 Å². The van der Waals surface area contributed by atoms with Crippen LogP contribution in [0.1, 0.15) is 34.3 Å². The van der Waals surface area contributed by atoms with Crippen LogP contribution in [0.2, 0.25) is 0 Å². The Labute approximate surface area is 156 Å². The number of likely N-dealkylation sites (tertiary alicyclic amines) is 1. The molecule has 1 saturated heterocycles. The van der Waals surface area contributed by atoms with Gasteiger partial charge in [-0.05, 0) is 48.6 Å². The second kappa shape index (κ2) is 5.92. The van der Waals surface area contributed by atoms with Gasteiger partial charge < -0.3 is 15.0 Å². The quantitative estimate of drug-likeness (QED) is 0.695. The van der Waals surface area contributed by atoms with Crippen LogP contribution in [-0.4, -0.2) is 40.1 Å². The minimum atomic E-state index is -0.394. The van der Waals surface area contributed by atoms with Crippen LogP contribution in [0.4, 0.5) is 4.39 Å². The van der Waals surface area contributed by atoms with Crippen LogP contribution in [-0.2, 0) is 11.8 Å². The van der Waals surface area contributed by atoms with E-state index < -0.39 is 6.10 Å². The molecular formula is C22H21FN2O2. The molecular weight excluding hydrogens is 343 g/mol. The second-order valence-electron chi connectivity index (χ2n) is 7.72. The van der Waals surface area contributed by atoms with Crippen molar-refractivity contribution in [2.75, 3.05) is 13.1 Å². The highest BCUT2D eigenvalue weighted by atomic mass is 19.1. The third-order valence-electron chi connectivity index (χ3n) is 6.42. The molecule has 2 heterocycles. The molecule has 138 valence electrons. The molecule has 0 bridgehead atoms. The molecule has 1 amide bonds. The molecule has 1 aliphatic carbocycles.